The molecule has 1 aromatic rings. The maximum atomic E-state index is 11.7. The number of likely N-dealkylation sites (tertiary alicyclic amines) is 1. The summed E-state index contributed by atoms with van der Waals surface area (Å²) in [4.78, 5) is 13.3. The molecule has 0 bridgehead atoms. The number of aliphatic hydroxyl groups excluding tert-OH is 1. The van der Waals surface area contributed by atoms with Crippen LogP contribution < -0.4 is 0 Å². The Morgan fingerprint density at radius 1 is 1.56 bits per heavy atom. The second-order valence-corrected chi connectivity index (χ2v) is 5.39. The zero-order valence-corrected chi connectivity index (χ0v) is 10.8. The van der Waals surface area contributed by atoms with E-state index < -0.39 is 5.60 Å². The lowest BCUT2D eigenvalue weighted by Crippen LogP contribution is -2.52. The SMILES string of the molecule is CC(C)(C)OC(=O)N1CC(n2cc(CO)nn2)C1. The molecule has 0 atom stereocenters. The van der Waals surface area contributed by atoms with E-state index in [0.29, 0.717) is 18.8 Å². The average Bonchev–Trinajstić information content (AvgIpc) is 2.60. The Morgan fingerprint density at radius 2 is 2.22 bits per heavy atom. The molecular weight excluding hydrogens is 236 g/mol. The van der Waals surface area contributed by atoms with Gasteiger partial charge < -0.3 is 14.7 Å². The number of rotatable bonds is 2. The van der Waals surface area contributed by atoms with Gasteiger partial charge in [0, 0.05) is 13.1 Å². The van der Waals surface area contributed by atoms with E-state index in [2.05, 4.69) is 10.3 Å². The molecule has 1 aliphatic rings. The highest BCUT2D eigenvalue weighted by Crippen LogP contribution is 2.22. The largest absolute Gasteiger partial charge is 0.444 e. The standard InChI is InChI=1S/C11H18N4O3/c1-11(2,3)18-10(17)14-5-9(6-14)15-4-8(7-16)12-13-15/h4,9,16H,5-7H2,1-3H3. The molecule has 1 fully saturated rings. The van der Waals surface area contributed by atoms with E-state index in [1.165, 1.54) is 0 Å². The van der Waals surface area contributed by atoms with Crippen molar-refractivity contribution in [2.24, 2.45) is 0 Å². The molecule has 0 unspecified atom stereocenters. The number of hydrogen-bond acceptors (Lipinski definition) is 5. The molecule has 2 rings (SSSR count). The highest BCUT2D eigenvalue weighted by molar-refractivity contribution is 5.69. The molecular formula is C11H18N4O3. The summed E-state index contributed by atoms with van der Waals surface area (Å²) < 4.78 is 6.93. The first-order valence-corrected chi connectivity index (χ1v) is 5.88. The third-order valence-corrected chi connectivity index (χ3v) is 2.61. The van der Waals surface area contributed by atoms with Crippen LogP contribution in [-0.4, -0.2) is 49.8 Å². The van der Waals surface area contributed by atoms with Crippen LogP contribution in [0.15, 0.2) is 6.20 Å². The lowest BCUT2D eigenvalue weighted by molar-refractivity contribution is -0.000622. The van der Waals surface area contributed by atoms with E-state index in [4.69, 9.17) is 9.84 Å². The second-order valence-electron chi connectivity index (χ2n) is 5.39. The van der Waals surface area contributed by atoms with Crippen molar-refractivity contribution in [3.63, 3.8) is 0 Å². The van der Waals surface area contributed by atoms with Gasteiger partial charge in [0.1, 0.15) is 11.3 Å². The summed E-state index contributed by atoms with van der Waals surface area (Å²) in [6.07, 6.45) is 1.39. The normalized spacial score (nSPS) is 16.6. The number of carbonyl (C=O) groups excluding carboxylic acids is 1. The number of carbonyl (C=O) groups is 1. The Balaban J connectivity index is 1.85. The van der Waals surface area contributed by atoms with Gasteiger partial charge in [-0.25, -0.2) is 9.48 Å². The summed E-state index contributed by atoms with van der Waals surface area (Å²) in [5.74, 6) is 0. The first kappa shape index (κ1) is 12.8. The topological polar surface area (TPSA) is 80.5 Å². The quantitative estimate of drug-likeness (QED) is 0.834. The predicted molar refractivity (Wildman–Crippen MR) is 62.8 cm³/mol. The minimum Gasteiger partial charge on any atom is -0.444 e. The van der Waals surface area contributed by atoms with Crippen LogP contribution in [-0.2, 0) is 11.3 Å². The van der Waals surface area contributed by atoms with Gasteiger partial charge >= 0.3 is 6.09 Å². The number of hydrogen-bond donors (Lipinski definition) is 1. The van der Waals surface area contributed by atoms with Gasteiger partial charge in [-0.3, -0.25) is 0 Å². The van der Waals surface area contributed by atoms with Crippen LogP contribution in [0.2, 0.25) is 0 Å². The minimum atomic E-state index is -0.473. The van der Waals surface area contributed by atoms with Gasteiger partial charge in [-0.1, -0.05) is 5.21 Å². The van der Waals surface area contributed by atoms with Crippen LogP contribution in [0.5, 0.6) is 0 Å². The molecule has 0 aliphatic carbocycles. The van der Waals surface area contributed by atoms with Gasteiger partial charge in [0.2, 0.25) is 0 Å². The molecule has 0 saturated carbocycles. The molecule has 1 N–H and O–H groups in total. The van der Waals surface area contributed by atoms with E-state index in [0.717, 1.165) is 0 Å². The Hall–Kier alpha value is -1.63. The fourth-order valence-electron chi connectivity index (χ4n) is 1.66. The van der Waals surface area contributed by atoms with E-state index in [9.17, 15) is 4.79 Å². The van der Waals surface area contributed by atoms with Gasteiger partial charge in [-0.15, -0.1) is 5.10 Å². The highest BCUT2D eigenvalue weighted by atomic mass is 16.6. The molecule has 100 valence electrons. The molecule has 7 heteroatoms. The smallest absolute Gasteiger partial charge is 0.410 e. The molecule has 7 nitrogen and oxygen atoms in total. The van der Waals surface area contributed by atoms with E-state index in [1.54, 1.807) is 15.8 Å². The van der Waals surface area contributed by atoms with E-state index in [1.807, 2.05) is 20.8 Å². The number of amides is 1. The fourth-order valence-corrected chi connectivity index (χ4v) is 1.66. The summed E-state index contributed by atoms with van der Waals surface area (Å²) in [6.45, 7) is 6.52. The highest BCUT2D eigenvalue weighted by Gasteiger charge is 2.35. The van der Waals surface area contributed by atoms with Crippen LogP contribution in [0.25, 0.3) is 0 Å². The van der Waals surface area contributed by atoms with Crippen LogP contribution in [0.3, 0.4) is 0 Å². The molecule has 1 aromatic heterocycles. The molecule has 0 spiro atoms. The molecule has 1 saturated heterocycles. The summed E-state index contributed by atoms with van der Waals surface area (Å²) in [6, 6.07) is 0.116. The lowest BCUT2D eigenvalue weighted by atomic mass is 10.1. The minimum absolute atomic E-state index is 0.116. The van der Waals surface area contributed by atoms with Crippen molar-refractivity contribution in [1.29, 1.82) is 0 Å². The van der Waals surface area contributed by atoms with Crippen molar-refractivity contribution in [1.82, 2.24) is 19.9 Å². The third-order valence-electron chi connectivity index (χ3n) is 2.61. The van der Waals surface area contributed by atoms with Crippen LogP contribution in [0.4, 0.5) is 4.79 Å². The van der Waals surface area contributed by atoms with Crippen molar-refractivity contribution < 1.29 is 14.6 Å². The van der Waals surface area contributed by atoms with Gasteiger partial charge in [-0.05, 0) is 20.8 Å². The monoisotopic (exact) mass is 254 g/mol. The lowest BCUT2D eigenvalue weighted by Gasteiger charge is -2.39. The fraction of sp³-hybridized carbons (Fsp3) is 0.727. The number of ether oxygens (including phenoxy) is 1. The zero-order valence-electron chi connectivity index (χ0n) is 10.8. The predicted octanol–water partition coefficient (Wildman–Crippen LogP) is 0.562. The Kier molecular flexibility index (Phi) is 3.25. The van der Waals surface area contributed by atoms with Crippen LogP contribution in [0, 0.1) is 0 Å². The van der Waals surface area contributed by atoms with Gasteiger partial charge in [-0.2, -0.15) is 0 Å². The van der Waals surface area contributed by atoms with Crippen molar-refractivity contribution in [3.05, 3.63) is 11.9 Å². The molecule has 0 aromatic carbocycles. The summed E-state index contributed by atoms with van der Waals surface area (Å²) >= 11 is 0. The molecule has 1 aliphatic heterocycles. The van der Waals surface area contributed by atoms with Crippen molar-refractivity contribution in [2.75, 3.05) is 13.1 Å². The third kappa shape index (κ3) is 2.79. The molecule has 2 heterocycles. The molecule has 0 radical (unpaired) electrons. The van der Waals surface area contributed by atoms with Crippen LogP contribution >= 0.6 is 0 Å². The summed E-state index contributed by atoms with van der Waals surface area (Å²) in [5, 5.41) is 16.6. The number of aliphatic hydroxyl groups is 1. The van der Waals surface area contributed by atoms with E-state index in [-0.39, 0.29) is 18.7 Å². The van der Waals surface area contributed by atoms with Crippen molar-refractivity contribution in [2.45, 2.75) is 39.0 Å². The average molecular weight is 254 g/mol. The molecule has 18 heavy (non-hydrogen) atoms. The zero-order chi connectivity index (χ0) is 13.3. The summed E-state index contributed by atoms with van der Waals surface area (Å²) in [7, 11) is 0. The first-order valence-electron chi connectivity index (χ1n) is 5.88. The van der Waals surface area contributed by atoms with Crippen molar-refractivity contribution >= 4 is 6.09 Å². The Bertz CT molecular complexity index is 432. The van der Waals surface area contributed by atoms with Gasteiger partial charge in [0.05, 0.1) is 18.8 Å². The van der Waals surface area contributed by atoms with Gasteiger partial charge in [0.25, 0.3) is 0 Å². The maximum absolute atomic E-state index is 11.7. The summed E-state index contributed by atoms with van der Waals surface area (Å²) in [5.41, 5.74) is 0.0603. The van der Waals surface area contributed by atoms with Crippen molar-refractivity contribution in [3.8, 4) is 0 Å². The second kappa shape index (κ2) is 4.56. The Labute approximate surface area is 105 Å². The maximum Gasteiger partial charge on any atom is 0.410 e. The number of aromatic nitrogens is 3. The number of nitrogens with zero attached hydrogens (tertiary/aromatic N) is 4. The van der Waals surface area contributed by atoms with Gasteiger partial charge in [0.15, 0.2) is 0 Å². The first-order chi connectivity index (χ1) is 8.39. The Morgan fingerprint density at radius 3 is 2.72 bits per heavy atom. The van der Waals surface area contributed by atoms with Crippen LogP contribution in [0.1, 0.15) is 32.5 Å². The van der Waals surface area contributed by atoms with E-state index >= 15 is 0 Å². The molecule has 1 amide bonds.